The van der Waals surface area contributed by atoms with Gasteiger partial charge in [0.2, 0.25) is 0 Å². The van der Waals surface area contributed by atoms with Gasteiger partial charge >= 0.3 is 0 Å². The third-order valence-electron chi connectivity index (χ3n) is 5.72. The van der Waals surface area contributed by atoms with E-state index in [1.165, 1.54) is 18.9 Å². The second-order valence-electron chi connectivity index (χ2n) is 8.00. The topological polar surface area (TPSA) is 130 Å². The Balaban J connectivity index is 1.39. The maximum atomic E-state index is 12.7. The van der Waals surface area contributed by atoms with Gasteiger partial charge in [-0.3, -0.25) is 14.6 Å². The van der Waals surface area contributed by atoms with Crippen LogP contribution >= 0.6 is 0 Å². The van der Waals surface area contributed by atoms with Gasteiger partial charge in [0, 0.05) is 17.8 Å². The average molecular weight is 447 g/mol. The molecule has 1 unspecified atom stereocenters. The minimum Gasteiger partial charge on any atom is -0.495 e. The van der Waals surface area contributed by atoms with Gasteiger partial charge in [0.25, 0.3) is 11.8 Å². The third-order valence-corrected chi connectivity index (χ3v) is 5.72. The monoisotopic (exact) mass is 446 g/mol. The molecule has 170 valence electrons. The fourth-order valence-electron chi connectivity index (χ4n) is 3.96. The number of nitrogens with zero attached hydrogens (tertiary/aromatic N) is 1. The van der Waals surface area contributed by atoms with Crippen LogP contribution in [0, 0.1) is 0 Å². The third kappa shape index (κ3) is 5.23. The van der Waals surface area contributed by atoms with Gasteiger partial charge in [0.05, 0.1) is 12.8 Å². The minimum atomic E-state index is -0.573. The van der Waals surface area contributed by atoms with E-state index in [4.69, 9.17) is 20.9 Å². The summed E-state index contributed by atoms with van der Waals surface area (Å²) in [5.41, 5.74) is 15.6. The van der Waals surface area contributed by atoms with Crippen LogP contribution < -0.4 is 26.3 Å². The molecule has 1 aromatic heterocycles. The van der Waals surface area contributed by atoms with Gasteiger partial charge in [-0.15, -0.1) is 0 Å². The molecule has 4 rings (SSSR count). The fraction of sp³-hybridized carbons (Fsp3) is 0.240. The Bertz CT molecular complexity index is 1190. The van der Waals surface area contributed by atoms with Crippen molar-refractivity contribution in [2.24, 2.45) is 5.73 Å². The summed E-state index contributed by atoms with van der Waals surface area (Å²) < 4.78 is 11.1. The number of anilines is 1. The van der Waals surface area contributed by atoms with E-state index < -0.39 is 5.91 Å². The van der Waals surface area contributed by atoms with Crippen molar-refractivity contribution in [1.29, 1.82) is 0 Å². The van der Waals surface area contributed by atoms with Crippen molar-refractivity contribution in [3.8, 4) is 11.5 Å². The molecular formula is C25H26N4O4. The summed E-state index contributed by atoms with van der Waals surface area (Å²) >= 11 is 0. The molecule has 2 amide bonds. The van der Waals surface area contributed by atoms with Crippen molar-refractivity contribution in [2.75, 3.05) is 12.8 Å². The zero-order valence-corrected chi connectivity index (χ0v) is 18.3. The summed E-state index contributed by atoms with van der Waals surface area (Å²) in [5, 5.41) is 3.11. The molecule has 8 nitrogen and oxygen atoms in total. The number of aromatic nitrogens is 1. The highest BCUT2D eigenvalue weighted by Gasteiger charge is 2.21. The lowest BCUT2D eigenvalue weighted by molar-refractivity contribution is 0.0932. The van der Waals surface area contributed by atoms with Crippen LogP contribution in [0.2, 0.25) is 0 Å². The molecule has 0 saturated heterocycles. The number of rotatable bonds is 7. The lowest BCUT2D eigenvalue weighted by Gasteiger charge is -2.26. The predicted octanol–water partition coefficient (Wildman–Crippen LogP) is 2.64. The van der Waals surface area contributed by atoms with Gasteiger partial charge in [-0.1, -0.05) is 6.07 Å². The number of fused-ring (bicyclic) bond motifs is 1. The molecule has 8 heteroatoms. The first-order chi connectivity index (χ1) is 15.9. The number of nitrogen functional groups attached to an aromatic ring is 1. The Kier molecular flexibility index (Phi) is 6.44. The summed E-state index contributed by atoms with van der Waals surface area (Å²) in [6.45, 7) is 0.292. The SMILES string of the molecule is COc1ccc(C(=O)NC2CCc3ccc(OCc4ccnc(C(N)=O)c4)cc3C2)cc1N. The van der Waals surface area contributed by atoms with Crippen molar-refractivity contribution in [3.05, 3.63) is 82.7 Å². The minimum absolute atomic E-state index is 0.0156. The summed E-state index contributed by atoms with van der Waals surface area (Å²) in [6.07, 6.45) is 3.98. The molecule has 1 aliphatic carbocycles. The number of amides is 2. The number of nitrogens with one attached hydrogen (secondary N) is 1. The van der Waals surface area contributed by atoms with Crippen molar-refractivity contribution >= 4 is 17.5 Å². The lowest BCUT2D eigenvalue weighted by Crippen LogP contribution is -2.38. The molecule has 0 aliphatic heterocycles. The number of pyridine rings is 1. The number of hydrogen-bond acceptors (Lipinski definition) is 6. The van der Waals surface area contributed by atoms with E-state index >= 15 is 0 Å². The maximum Gasteiger partial charge on any atom is 0.267 e. The zero-order valence-electron chi connectivity index (χ0n) is 18.3. The lowest BCUT2D eigenvalue weighted by atomic mass is 9.88. The standard InChI is InChI=1S/C25H26N4O4/c1-32-23-7-4-17(13-21(23)26)25(31)29-19-5-2-16-3-6-20(12-18(16)11-19)33-14-15-8-9-28-22(10-15)24(27)30/h3-4,6-10,12-13,19H,2,5,11,14,26H2,1H3,(H2,27,30)(H,29,31). The average Bonchev–Trinajstić information content (AvgIpc) is 2.82. The van der Waals surface area contributed by atoms with Gasteiger partial charge in [-0.25, -0.2) is 0 Å². The summed E-state index contributed by atoms with van der Waals surface area (Å²) in [6, 6.07) is 14.5. The summed E-state index contributed by atoms with van der Waals surface area (Å²) in [7, 11) is 1.54. The quantitative estimate of drug-likeness (QED) is 0.479. The van der Waals surface area contributed by atoms with E-state index in [1.807, 2.05) is 12.1 Å². The number of nitrogens with two attached hydrogens (primary N) is 2. The van der Waals surface area contributed by atoms with Crippen molar-refractivity contribution in [1.82, 2.24) is 10.3 Å². The molecule has 2 aromatic carbocycles. The zero-order chi connectivity index (χ0) is 23.4. The van der Waals surface area contributed by atoms with Gasteiger partial charge in [0.1, 0.15) is 23.8 Å². The number of ether oxygens (including phenoxy) is 2. The maximum absolute atomic E-state index is 12.7. The first kappa shape index (κ1) is 22.1. The fourth-order valence-corrected chi connectivity index (χ4v) is 3.96. The van der Waals surface area contributed by atoms with Gasteiger partial charge in [-0.05, 0) is 78.4 Å². The Morgan fingerprint density at radius 1 is 1.12 bits per heavy atom. The van der Waals surface area contributed by atoms with Gasteiger partial charge in [-0.2, -0.15) is 0 Å². The molecule has 1 atom stereocenters. The van der Waals surface area contributed by atoms with E-state index in [1.54, 1.807) is 30.3 Å². The van der Waals surface area contributed by atoms with Crippen LogP contribution in [0.4, 0.5) is 5.69 Å². The van der Waals surface area contributed by atoms with Crippen molar-refractivity contribution in [2.45, 2.75) is 31.9 Å². The van der Waals surface area contributed by atoms with Crippen LogP contribution in [0.1, 0.15) is 44.0 Å². The van der Waals surface area contributed by atoms with Crippen molar-refractivity contribution in [3.63, 3.8) is 0 Å². The molecule has 3 aromatic rings. The molecule has 0 saturated carbocycles. The van der Waals surface area contributed by atoms with Crippen LogP contribution in [0.5, 0.6) is 11.5 Å². The first-order valence-electron chi connectivity index (χ1n) is 10.7. The van der Waals surface area contributed by atoms with Gasteiger partial charge in [0.15, 0.2) is 0 Å². The van der Waals surface area contributed by atoms with Crippen molar-refractivity contribution < 1.29 is 19.1 Å². The van der Waals surface area contributed by atoms with Crippen LogP contribution in [0.25, 0.3) is 0 Å². The molecule has 0 radical (unpaired) electrons. The van der Waals surface area contributed by atoms with Crippen LogP contribution in [-0.4, -0.2) is 29.9 Å². The van der Waals surface area contributed by atoms with E-state index in [2.05, 4.69) is 16.4 Å². The summed E-state index contributed by atoms with van der Waals surface area (Å²) in [4.78, 5) is 28.0. The molecule has 0 fully saturated rings. The number of methoxy groups -OCH3 is 1. The normalized spacial score (nSPS) is 14.8. The Labute approximate surface area is 191 Å². The van der Waals surface area contributed by atoms with Gasteiger partial charge < -0.3 is 26.3 Å². The number of carbonyl (C=O) groups excluding carboxylic acids is 2. The number of primary amides is 1. The van der Waals surface area contributed by atoms with Crippen LogP contribution in [0.15, 0.2) is 54.7 Å². The molecule has 5 N–H and O–H groups in total. The Morgan fingerprint density at radius 2 is 1.97 bits per heavy atom. The molecule has 0 bridgehead atoms. The first-order valence-corrected chi connectivity index (χ1v) is 10.7. The Morgan fingerprint density at radius 3 is 2.73 bits per heavy atom. The second kappa shape index (κ2) is 9.60. The highest BCUT2D eigenvalue weighted by molar-refractivity contribution is 5.95. The number of hydrogen-bond donors (Lipinski definition) is 3. The highest BCUT2D eigenvalue weighted by atomic mass is 16.5. The van der Waals surface area contributed by atoms with Crippen LogP contribution in [-0.2, 0) is 19.4 Å². The predicted molar refractivity (Wildman–Crippen MR) is 124 cm³/mol. The second-order valence-corrected chi connectivity index (χ2v) is 8.00. The molecule has 1 aliphatic rings. The van der Waals surface area contributed by atoms with E-state index in [0.717, 1.165) is 29.7 Å². The van der Waals surface area contributed by atoms with E-state index in [9.17, 15) is 9.59 Å². The number of carbonyl (C=O) groups is 2. The van der Waals surface area contributed by atoms with E-state index in [-0.39, 0.29) is 17.6 Å². The largest absolute Gasteiger partial charge is 0.495 e. The number of aryl methyl sites for hydroxylation is 1. The van der Waals surface area contributed by atoms with E-state index in [0.29, 0.717) is 30.0 Å². The van der Waals surface area contributed by atoms with Crippen LogP contribution in [0.3, 0.4) is 0 Å². The molecule has 0 spiro atoms. The molecule has 1 heterocycles. The smallest absolute Gasteiger partial charge is 0.267 e. The molecular weight excluding hydrogens is 420 g/mol. The number of benzene rings is 2. The molecule has 33 heavy (non-hydrogen) atoms. The summed E-state index contributed by atoms with van der Waals surface area (Å²) in [5.74, 6) is 0.536. The Hall–Kier alpha value is -4.07. The highest BCUT2D eigenvalue weighted by Crippen LogP contribution is 2.27.